The highest BCUT2D eigenvalue weighted by atomic mass is 35.5. The van der Waals surface area contributed by atoms with E-state index in [1.165, 1.54) is 0 Å². The molecule has 1 aliphatic rings. The lowest BCUT2D eigenvalue weighted by Crippen LogP contribution is -2.36. The number of hydrogen-bond donors (Lipinski definition) is 1. The van der Waals surface area contributed by atoms with Crippen molar-refractivity contribution in [1.82, 2.24) is 14.3 Å². The first-order valence-corrected chi connectivity index (χ1v) is 9.35. The zero-order valence-electron chi connectivity index (χ0n) is 14.7. The number of hydrogen-bond acceptors (Lipinski definition) is 3. The Bertz CT molecular complexity index is 1010. The summed E-state index contributed by atoms with van der Waals surface area (Å²) in [5.41, 5.74) is 1.43. The van der Waals surface area contributed by atoms with Crippen LogP contribution in [-0.2, 0) is 0 Å². The molecule has 3 aromatic rings. The highest BCUT2D eigenvalue weighted by Crippen LogP contribution is 2.22. The number of piperidine rings is 1. The van der Waals surface area contributed by atoms with Crippen molar-refractivity contribution >= 4 is 34.6 Å². The lowest BCUT2D eigenvalue weighted by Gasteiger charge is -2.25. The van der Waals surface area contributed by atoms with Gasteiger partial charge in [-0.2, -0.15) is 0 Å². The van der Waals surface area contributed by atoms with Crippen molar-refractivity contribution in [1.29, 1.82) is 0 Å². The van der Waals surface area contributed by atoms with E-state index in [0.717, 1.165) is 32.4 Å². The van der Waals surface area contributed by atoms with Crippen molar-refractivity contribution in [3.05, 3.63) is 65.2 Å². The van der Waals surface area contributed by atoms with Gasteiger partial charge >= 0.3 is 0 Å². The van der Waals surface area contributed by atoms with Gasteiger partial charge in [0.15, 0.2) is 5.69 Å². The van der Waals surface area contributed by atoms with Crippen molar-refractivity contribution in [2.75, 3.05) is 18.4 Å². The van der Waals surface area contributed by atoms with E-state index in [-0.39, 0.29) is 11.7 Å². The minimum atomic E-state index is -0.415. The number of aromatic nitrogens is 2. The Balaban J connectivity index is 1.70. The summed E-state index contributed by atoms with van der Waals surface area (Å²) in [5, 5.41) is 3.21. The highest BCUT2D eigenvalue weighted by molar-refractivity contribution is 6.33. The molecule has 1 N–H and O–H groups in total. The number of likely N-dealkylation sites (tertiary alicyclic amines) is 1. The Kier molecular flexibility index (Phi) is 4.81. The maximum absolute atomic E-state index is 13.0. The zero-order chi connectivity index (χ0) is 18.8. The molecule has 0 bridgehead atoms. The van der Waals surface area contributed by atoms with Gasteiger partial charge in [0.25, 0.3) is 11.8 Å². The van der Waals surface area contributed by atoms with Crippen LogP contribution in [-0.4, -0.2) is 39.2 Å². The number of nitrogens with one attached hydrogen (secondary N) is 1. The van der Waals surface area contributed by atoms with Crippen LogP contribution in [0.3, 0.4) is 0 Å². The molecule has 1 saturated heterocycles. The van der Waals surface area contributed by atoms with Gasteiger partial charge in [-0.3, -0.25) is 14.0 Å². The molecular weight excluding hydrogens is 364 g/mol. The van der Waals surface area contributed by atoms with E-state index in [1.54, 1.807) is 47.0 Å². The summed E-state index contributed by atoms with van der Waals surface area (Å²) >= 11 is 6.13. The van der Waals surface area contributed by atoms with Crippen LogP contribution in [0.15, 0.2) is 48.7 Å². The molecule has 27 heavy (non-hydrogen) atoms. The molecular formula is C20H19ClN4O2. The number of carbonyl (C=O) groups excluding carboxylic acids is 2. The SMILES string of the molecule is O=C(Nc1ccccc1Cl)c1nc(C(=O)N2CCCCC2)c2ccccn12. The van der Waals surface area contributed by atoms with Gasteiger partial charge in [-0.25, -0.2) is 4.98 Å². The molecule has 0 spiro atoms. The second kappa shape index (κ2) is 7.40. The molecule has 2 aromatic heterocycles. The molecule has 3 heterocycles. The number of benzene rings is 1. The first kappa shape index (κ1) is 17.5. The fraction of sp³-hybridized carbons (Fsp3) is 0.250. The van der Waals surface area contributed by atoms with E-state index in [1.807, 2.05) is 11.0 Å². The summed E-state index contributed by atoms with van der Waals surface area (Å²) in [4.78, 5) is 32.0. The molecule has 7 heteroatoms. The zero-order valence-corrected chi connectivity index (χ0v) is 15.4. The number of imidazole rings is 1. The van der Waals surface area contributed by atoms with Crippen molar-refractivity contribution in [2.24, 2.45) is 0 Å². The maximum Gasteiger partial charge on any atom is 0.292 e. The molecule has 1 aromatic carbocycles. The molecule has 0 radical (unpaired) electrons. The molecule has 0 saturated carbocycles. The van der Waals surface area contributed by atoms with Crippen molar-refractivity contribution in [2.45, 2.75) is 19.3 Å². The third kappa shape index (κ3) is 3.40. The Morgan fingerprint density at radius 2 is 1.74 bits per heavy atom. The molecule has 1 fully saturated rings. The summed E-state index contributed by atoms with van der Waals surface area (Å²) in [6.07, 6.45) is 4.87. The molecule has 6 nitrogen and oxygen atoms in total. The fourth-order valence-corrected chi connectivity index (χ4v) is 3.53. The molecule has 2 amide bonds. The number of nitrogens with zero attached hydrogens (tertiary/aromatic N) is 3. The lowest BCUT2D eigenvalue weighted by atomic mass is 10.1. The van der Waals surface area contributed by atoms with Gasteiger partial charge < -0.3 is 10.2 Å². The molecule has 0 atom stereocenters. The van der Waals surface area contributed by atoms with Gasteiger partial charge in [-0.1, -0.05) is 29.8 Å². The van der Waals surface area contributed by atoms with E-state index in [4.69, 9.17) is 11.6 Å². The molecule has 0 unspecified atom stereocenters. The minimum absolute atomic E-state index is 0.129. The standard InChI is InChI=1S/C20H19ClN4O2/c21-14-8-2-3-9-15(14)22-19(26)18-23-17(16-10-4-7-13-25(16)18)20(27)24-11-5-1-6-12-24/h2-4,7-10,13H,1,5-6,11-12H2,(H,22,26). The highest BCUT2D eigenvalue weighted by Gasteiger charge is 2.26. The average Bonchev–Trinajstić information content (AvgIpc) is 3.10. The lowest BCUT2D eigenvalue weighted by molar-refractivity contribution is 0.0721. The summed E-state index contributed by atoms with van der Waals surface area (Å²) in [5.74, 6) is -0.386. The number of carbonyl (C=O) groups is 2. The van der Waals surface area contributed by atoms with Crippen molar-refractivity contribution in [3.8, 4) is 0 Å². The number of fused-ring (bicyclic) bond motifs is 1. The van der Waals surface area contributed by atoms with E-state index < -0.39 is 5.91 Å². The number of para-hydroxylation sites is 1. The minimum Gasteiger partial charge on any atom is -0.337 e. The number of pyridine rings is 1. The Hall–Kier alpha value is -2.86. The molecule has 0 aliphatic carbocycles. The van der Waals surface area contributed by atoms with Gasteiger partial charge in [0, 0.05) is 19.3 Å². The average molecular weight is 383 g/mol. The van der Waals surface area contributed by atoms with Crippen LogP contribution in [0.4, 0.5) is 5.69 Å². The third-order valence-electron chi connectivity index (χ3n) is 4.72. The van der Waals surface area contributed by atoms with Gasteiger partial charge in [-0.15, -0.1) is 0 Å². The summed E-state index contributed by atoms with van der Waals surface area (Å²) in [6, 6.07) is 12.4. The number of halogens is 1. The Morgan fingerprint density at radius 1 is 1.00 bits per heavy atom. The predicted molar refractivity (Wildman–Crippen MR) is 104 cm³/mol. The van der Waals surface area contributed by atoms with E-state index in [0.29, 0.717) is 21.9 Å². The first-order chi connectivity index (χ1) is 13.1. The Morgan fingerprint density at radius 3 is 2.52 bits per heavy atom. The van der Waals surface area contributed by atoms with E-state index in [9.17, 15) is 9.59 Å². The van der Waals surface area contributed by atoms with Gasteiger partial charge in [-0.05, 0) is 43.5 Å². The number of anilines is 1. The van der Waals surface area contributed by atoms with Gasteiger partial charge in [0.05, 0.1) is 16.2 Å². The van der Waals surface area contributed by atoms with Crippen LogP contribution in [0.2, 0.25) is 5.02 Å². The quantitative estimate of drug-likeness (QED) is 0.747. The molecule has 4 rings (SSSR count). The number of amides is 2. The smallest absolute Gasteiger partial charge is 0.292 e. The predicted octanol–water partition coefficient (Wildman–Crippen LogP) is 3.87. The largest absolute Gasteiger partial charge is 0.337 e. The first-order valence-electron chi connectivity index (χ1n) is 8.97. The van der Waals surface area contributed by atoms with E-state index >= 15 is 0 Å². The second-order valence-corrected chi connectivity index (χ2v) is 6.93. The molecule has 138 valence electrons. The van der Waals surface area contributed by atoms with Crippen molar-refractivity contribution in [3.63, 3.8) is 0 Å². The Labute approximate surface area is 161 Å². The van der Waals surface area contributed by atoms with Crippen molar-refractivity contribution < 1.29 is 9.59 Å². The van der Waals surface area contributed by atoms with Crippen LogP contribution in [0.5, 0.6) is 0 Å². The van der Waals surface area contributed by atoms with Crippen LogP contribution in [0, 0.1) is 0 Å². The van der Waals surface area contributed by atoms with Gasteiger partial charge in [0.1, 0.15) is 0 Å². The molecule has 1 aliphatic heterocycles. The van der Waals surface area contributed by atoms with Gasteiger partial charge in [0.2, 0.25) is 5.82 Å². The van der Waals surface area contributed by atoms with Crippen LogP contribution in [0.25, 0.3) is 5.52 Å². The summed E-state index contributed by atoms with van der Waals surface area (Å²) in [6.45, 7) is 1.46. The van der Waals surface area contributed by atoms with Crippen LogP contribution < -0.4 is 5.32 Å². The summed E-state index contributed by atoms with van der Waals surface area (Å²) in [7, 11) is 0. The topological polar surface area (TPSA) is 66.7 Å². The van der Waals surface area contributed by atoms with Crippen LogP contribution >= 0.6 is 11.6 Å². The number of rotatable bonds is 3. The van der Waals surface area contributed by atoms with E-state index in [2.05, 4.69) is 10.3 Å². The second-order valence-electron chi connectivity index (χ2n) is 6.53. The van der Waals surface area contributed by atoms with Crippen LogP contribution in [0.1, 0.15) is 40.4 Å². The normalized spacial score (nSPS) is 14.3. The maximum atomic E-state index is 13.0. The third-order valence-corrected chi connectivity index (χ3v) is 5.05. The summed E-state index contributed by atoms with van der Waals surface area (Å²) < 4.78 is 1.64. The fourth-order valence-electron chi connectivity index (χ4n) is 3.34. The monoisotopic (exact) mass is 382 g/mol.